The van der Waals surface area contributed by atoms with Crippen LogP contribution in [-0.2, 0) is 0 Å². The highest BCUT2D eigenvalue weighted by Gasteiger charge is 2.20. The van der Waals surface area contributed by atoms with Gasteiger partial charge in [-0.2, -0.15) is 0 Å². The van der Waals surface area contributed by atoms with E-state index in [9.17, 15) is 0 Å². The van der Waals surface area contributed by atoms with Gasteiger partial charge in [0.05, 0.1) is 11.2 Å². The van der Waals surface area contributed by atoms with Gasteiger partial charge in [-0.3, -0.25) is 4.98 Å². The van der Waals surface area contributed by atoms with Gasteiger partial charge < -0.3 is 11.1 Å². The van der Waals surface area contributed by atoms with E-state index in [1.807, 2.05) is 24.4 Å². The Labute approximate surface area is 120 Å². The van der Waals surface area contributed by atoms with Crippen molar-refractivity contribution in [1.82, 2.24) is 4.98 Å². The minimum absolute atomic E-state index is 0.490. The third kappa shape index (κ3) is 2.58. The molecule has 1 aliphatic carbocycles. The summed E-state index contributed by atoms with van der Waals surface area (Å²) in [5, 5.41) is 4.70. The first-order chi connectivity index (χ1) is 9.75. The molecule has 1 aromatic heterocycles. The van der Waals surface area contributed by atoms with Gasteiger partial charge in [0.25, 0.3) is 0 Å². The maximum absolute atomic E-state index is 6.03. The molecule has 106 valence electrons. The average molecular weight is 269 g/mol. The zero-order valence-electron chi connectivity index (χ0n) is 12.1. The minimum atomic E-state index is 0.490. The van der Waals surface area contributed by atoms with E-state index in [4.69, 9.17) is 5.73 Å². The number of hydrogen-bond acceptors (Lipinski definition) is 3. The van der Waals surface area contributed by atoms with Gasteiger partial charge in [-0.05, 0) is 49.9 Å². The van der Waals surface area contributed by atoms with Gasteiger partial charge in [0.1, 0.15) is 0 Å². The van der Waals surface area contributed by atoms with Crippen LogP contribution in [0.4, 0.5) is 11.4 Å². The Hall–Kier alpha value is -1.77. The Morgan fingerprint density at radius 3 is 2.80 bits per heavy atom. The zero-order valence-corrected chi connectivity index (χ0v) is 12.1. The molecule has 3 nitrogen and oxygen atoms in total. The molecule has 0 aliphatic heterocycles. The molecule has 1 unspecified atom stereocenters. The van der Waals surface area contributed by atoms with Crippen LogP contribution in [0.1, 0.15) is 39.0 Å². The van der Waals surface area contributed by atoms with Gasteiger partial charge in [-0.15, -0.1) is 0 Å². The molecule has 3 N–H and O–H groups in total. The Bertz CT molecular complexity index is 588. The molecular formula is C17H23N3. The topological polar surface area (TPSA) is 50.9 Å². The summed E-state index contributed by atoms with van der Waals surface area (Å²) in [6.45, 7) is 2.29. The lowest BCUT2D eigenvalue weighted by Crippen LogP contribution is -2.27. The van der Waals surface area contributed by atoms with Crippen molar-refractivity contribution in [2.75, 3.05) is 11.1 Å². The zero-order chi connectivity index (χ0) is 13.9. The summed E-state index contributed by atoms with van der Waals surface area (Å²) in [5.41, 5.74) is 8.91. The fraction of sp³-hybridized carbons (Fsp3) is 0.471. The largest absolute Gasteiger partial charge is 0.398 e. The Morgan fingerprint density at radius 1 is 1.20 bits per heavy atom. The van der Waals surface area contributed by atoms with Crippen LogP contribution >= 0.6 is 0 Å². The lowest BCUT2D eigenvalue weighted by atomic mass is 9.84. The molecule has 0 bridgehead atoms. The number of nitrogen functional groups attached to an aromatic ring is 1. The van der Waals surface area contributed by atoms with Crippen molar-refractivity contribution in [3.05, 3.63) is 30.5 Å². The summed E-state index contributed by atoms with van der Waals surface area (Å²) in [4.78, 5) is 4.50. The predicted octanol–water partition coefficient (Wildman–Crippen LogP) is 4.20. The van der Waals surface area contributed by atoms with Gasteiger partial charge in [-0.25, -0.2) is 0 Å². The molecule has 1 aliphatic rings. The SMILES string of the molecule is CC(Nc1ccc(N)c2cccnc12)C1CCCCC1. The fourth-order valence-electron chi connectivity index (χ4n) is 3.31. The number of anilines is 2. The first-order valence-electron chi connectivity index (χ1n) is 7.65. The smallest absolute Gasteiger partial charge is 0.0953 e. The van der Waals surface area contributed by atoms with Gasteiger partial charge in [0.15, 0.2) is 0 Å². The van der Waals surface area contributed by atoms with Crippen LogP contribution in [-0.4, -0.2) is 11.0 Å². The van der Waals surface area contributed by atoms with Crippen molar-refractivity contribution < 1.29 is 0 Å². The third-order valence-corrected chi connectivity index (χ3v) is 4.54. The summed E-state index contributed by atoms with van der Waals surface area (Å²) in [7, 11) is 0. The molecule has 3 rings (SSSR count). The summed E-state index contributed by atoms with van der Waals surface area (Å²) >= 11 is 0. The molecule has 0 amide bonds. The molecule has 1 saturated carbocycles. The van der Waals surface area contributed by atoms with Crippen LogP contribution in [0, 0.1) is 5.92 Å². The number of aromatic nitrogens is 1. The van der Waals surface area contributed by atoms with Crippen LogP contribution in [0.3, 0.4) is 0 Å². The number of hydrogen-bond donors (Lipinski definition) is 2. The number of benzene rings is 1. The van der Waals surface area contributed by atoms with Crippen LogP contribution in [0.5, 0.6) is 0 Å². The molecule has 0 spiro atoms. The Balaban J connectivity index is 1.85. The van der Waals surface area contributed by atoms with Gasteiger partial charge in [-0.1, -0.05) is 19.3 Å². The maximum Gasteiger partial charge on any atom is 0.0953 e. The van der Waals surface area contributed by atoms with Crippen LogP contribution in [0.25, 0.3) is 10.9 Å². The standard InChI is InChI=1S/C17H23N3/c1-12(13-6-3-2-4-7-13)20-16-10-9-15(18)14-8-5-11-19-17(14)16/h5,8-13,20H,2-4,6-7,18H2,1H3. The molecule has 20 heavy (non-hydrogen) atoms. The molecular weight excluding hydrogens is 246 g/mol. The molecule has 1 atom stereocenters. The highest BCUT2D eigenvalue weighted by molar-refractivity contribution is 5.98. The molecule has 3 heteroatoms. The summed E-state index contributed by atoms with van der Waals surface area (Å²) in [6, 6.07) is 8.49. The molecule has 1 aromatic carbocycles. The van der Waals surface area contributed by atoms with E-state index in [1.54, 1.807) is 0 Å². The number of fused-ring (bicyclic) bond motifs is 1. The van der Waals surface area contributed by atoms with Crippen LogP contribution in [0.2, 0.25) is 0 Å². The Morgan fingerprint density at radius 2 is 2.00 bits per heavy atom. The molecule has 0 radical (unpaired) electrons. The molecule has 0 saturated heterocycles. The van der Waals surface area contributed by atoms with E-state index in [0.29, 0.717) is 6.04 Å². The summed E-state index contributed by atoms with van der Waals surface area (Å²) < 4.78 is 0. The second kappa shape index (κ2) is 5.70. The van der Waals surface area contributed by atoms with E-state index < -0.39 is 0 Å². The number of pyridine rings is 1. The van der Waals surface area contributed by atoms with Gasteiger partial charge >= 0.3 is 0 Å². The second-order valence-electron chi connectivity index (χ2n) is 5.93. The van der Waals surface area contributed by atoms with Crippen molar-refractivity contribution in [2.45, 2.75) is 45.1 Å². The lowest BCUT2D eigenvalue weighted by molar-refractivity contribution is 0.328. The first-order valence-corrected chi connectivity index (χ1v) is 7.65. The van der Waals surface area contributed by atoms with E-state index in [-0.39, 0.29) is 0 Å². The van der Waals surface area contributed by atoms with E-state index >= 15 is 0 Å². The van der Waals surface area contributed by atoms with Crippen molar-refractivity contribution in [2.24, 2.45) is 5.92 Å². The Kier molecular flexibility index (Phi) is 3.77. The highest BCUT2D eigenvalue weighted by atomic mass is 14.9. The van der Waals surface area contributed by atoms with E-state index in [2.05, 4.69) is 23.3 Å². The predicted molar refractivity (Wildman–Crippen MR) is 85.8 cm³/mol. The molecule has 1 fully saturated rings. The fourth-order valence-corrected chi connectivity index (χ4v) is 3.31. The van der Waals surface area contributed by atoms with Crippen molar-refractivity contribution in [3.8, 4) is 0 Å². The van der Waals surface area contributed by atoms with Crippen molar-refractivity contribution in [1.29, 1.82) is 0 Å². The summed E-state index contributed by atoms with van der Waals surface area (Å²) in [5.74, 6) is 0.778. The van der Waals surface area contributed by atoms with Crippen LogP contribution in [0.15, 0.2) is 30.5 Å². The monoisotopic (exact) mass is 269 g/mol. The normalized spacial score (nSPS) is 18.1. The number of rotatable bonds is 3. The van der Waals surface area contributed by atoms with Gasteiger partial charge in [0.2, 0.25) is 0 Å². The van der Waals surface area contributed by atoms with E-state index in [0.717, 1.165) is 28.2 Å². The van der Waals surface area contributed by atoms with Crippen LogP contribution < -0.4 is 11.1 Å². The third-order valence-electron chi connectivity index (χ3n) is 4.54. The van der Waals surface area contributed by atoms with Gasteiger partial charge in [0, 0.05) is 23.3 Å². The quantitative estimate of drug-likeness (QED) is 0.821. The average Bonchev–Trinajstić information content (AvgIpc) is 2.51. The minimum Gasteiger partial charge on any atom is -0.398 e. The summed E-state index contributed by atoms with van der Waals surface area (Å²) in [6.07, 6.45) is 8.66. The molecule has 2 aromatic rings. The number of nitrogens with zero attached hydrogens (tertiary/aromatic N) is 1. The molecule has 1 heterocycles. The number of nitrogens with two attached hydrogens (primary N) is 1. The van der Waals surface area contributed by atoms with Crippen molar-refractivity contribution in [3.63, 3.8) is 0 Å². The lowest BCUT2D eigenvalue weighted by Gasteiger charge is -2.29. The maximum atomic E-state index is 6.03. The number of nitrogens with one attached hydrogen (secondary N) is 1. The second-order valence-corrected chi connectivity index (χ2v) is 5.93. The van der Waals surface area contributed by atoms with Crippen molar-refractivity contribution >= 4 is 22.3 Å². The van der Waals surface area contributed by atoms with E-state index in [1.165, 1.54) is 32.1 Å². The first kappa shape index (κ1) is 13.2. The highest BCUT2D eigenvalue weighted by Crippen LogP contribution is 2.31.